The van der Waals surface area contributed by atoms with Gasteiger partial charge in [-0.3, -0.25) is 9.78 Å². The Labute approximate surface area is 130 Å². The normalized spacial score (nSPS) is 14.4. The standard InChI is InChI=1S/C15H15BrN2OS/c16-11-9-17-7-6-12(11)18-15(19)14-8-10-4-2-1-3-5-13(10)20-14/h6-9H,1-5H2,(H,17,18,19). The van der Waals surface area contributed by atoms with Crippen LogP contribution in [0, 0.1) is 0 Å². The molecular formula is C15H15BrN2OS. The maximum absolute atomic E-state index is 12.3. The molecular weight excluding hydrogens is 336 g/mol. The van der Waals surface area contributed by atoms with Crippen LogP contribution in [0.25, 0.3) is 0 Å². The molecule has 0 fully saturated rings. The van der Waals surface area contributed by atoms with Crippen LogP contribution in [0.3, 0.4) is 0 Å². The average molecular weight is 351 g/mol. The van der Waals surface area contributed by atoms with Crippen molar-refractivity contribution in [2.24, 2.45) is 0 Å². The van der Waals surface area contributed by atoms with Crippen LogP contribution in [0.5, 0.6) is 0 Å². The molecule has 20 heavy (non-hydrogen) atoms. The molecule has 2 heterocycles. The average Bonchev–Trinajstić information content (AvgIpc) is 2.73. The third-order valence-corrected chi connectivity index (χ3v) is 5.36. The predicted octanol–water partition coefficient (Wildman–Crippen LogP) is 4.43. The fourth-order valence-corrected chi connectivity index (χ4v) is 3.94. The molecule has 1 aliphatic rings. The van der Waals surface area contributed by atoms with Crippen LogP contribution >= 0.6 is 27.3 Å². The Kier molecular flexibility index (Phi) is 4.17. The van der Waals surface area contributed by atoms with E-state index in [0.717, 1.165) is 27.9 Å². The zero-order valence-electron chi connectivity index (χ0n) is 11.0. The van der Waals surface area contributed by atoms with Crippen molar-refractivity contribution in [2.75, 3.05) is 5.32 Å². The number of carbonyl (C=O) groups excluding carboxylic acids is 1. The number of halogens is 1. The van der Waals surface area contributed by atoms with Crippen molar-refractivity contribution in [2.45, 2.75) is 32.1 Å². The maximum atomic E-state index is 12.3. The van der Waals surface area contributed by atoms with Gasteiger partial charge >= 0.3 is 0 Å². The summed E-state index contributed by atoms with van der Waals surface area (Å²) in [5.41, 5.74) is 2.13. The number of aryl methyl sites for hydroxylation is 2. The molecule has 104 valence electrons. The van der Waals surface area contributed by atoms with Crippen molar-refractivity contribution in [1.82, 2.24) is 4.98 Å². The number of pyridine rings is 1. The second-order valence-corrected chi connectivity index (χ2v) is 6.92. The van der Waals surface area contributed by atoms with Gasteiger partial charge in [0, 0.05) is 17.3 Å². The van der Waals surface area contributed by atoms with E-state index in [2.05, 4.69) is 32.3 Å². The lowest BCUT2D eigenvalue weighted by atomic mass is 10.1. The molecule has 1 N–H and O–H groups in total. The van der Waals surface area contributed by atoms with E-state index in [1.165, 1.54) is 29.7 Å². The maximum Gasteiger partial charge on any atom is 0.265 e. The van der Waals surface area contributed by atoms with E-state index in [9.17, 15) is 4.79 Å². The van der Waals surface area contributed by atoms with Crippen LogP contribution in [0.2, 0.25) is 0 Å². The van der Waals surface area contributed by atoms with E-state index in [1.807, 2.05) is 0 Å². The van der Waals surface area contributed by atoms with Gasteiger partial charge in [0.2, 0.25) is 0 Å². The molecule has 0 saturated heterocycles. The van der Waals surface area contributed by atoms with Gasteiger partial charge < -0.3 is 5.32 Å². The van der Waals surface area contributed by atoms with Gasteiger partial charge in [-0.2, -0.15) is 0 Å². The third kappa shape index (κ3) is 2.94. The van der Waals surface area contributed by atoms with Gasteiger partial charge in [-0.05, 0) is 59.3 Å². The van der Waals surface area contributed by atoms with Crippen LogP contribution in [-0.2, 0) is 12.8 Å². The summed E-state index contributed by atoms with van der Waals surface area (Å²) in [6, 6.07) is 3.86. The molecule has 3 rings (SSSR count). The Bertz CT molecular complexity index is 615. The van der Waals surface area contributed by atoms with E-state index in [-0.39, 0.29) is 5.91 Å². The fourth-order valence-electron chi connectivity index (χ4n) is 2.44. The molecule has 0 aromatic carbocycles. The first-order valence-corrected chi connectivity index (χ1v) is 8.37. The lowest BCUT2D eigenvalue weighted by molar-refractivity contribution is 0.103. The molecule has 1 aliphatic carbocycles. The van der Waals surface area contributed by atoms with Gasteiger partial charge in [0.05, 0.1) is 15.0 Å². The number of fused-ring (bicyclic) bond motifs is 1. The highest BCUT2D eigenvalue weighted by atomic mass is 79.9. The minimum absolute atomic E-state index is 0.0324. The summed E-state index contributed by atoms with van der Waals surface area (Å²) in [6.45, 7) is 0. The molecule has 0 atom stereocenters. The number of anilines is 1. The van der Waals surface area contributed by atoms with Gasteiger partial charge in [-0.25, -0.2) is 0 Å². The van der Waals surface area contributed by atoms with E-state index in [1.54, 1.807) is 29.8 Å². The second kappa shape index (κ2) is 6.06. The zero-order valence-corrected chi connectivity index (χ0v) is 13.4. The van der Waals surface area contributed by atoms with Crippen LogP contribution in [0.15, 0.2) is 29.0 Å². The highest BCUT2D eigenvalue weighted by Gasteiger charge is 2.17. The van der Waals surface area contributed by atoms with E-state index >= 15 is 0 Å². The van der Waals surface area contributed by atoms with Crippen LogP contribution in [0.4, 0.5) is 5.69 Å². The number of amides is 1. The molecule has 0 unspecified atom stereocenters. The summed E-state index contributed by atoms with van der Waals surface area (Å²) in [5, 5.41) is 2.94. The van der Waals surface area contributed by atoms with Gasteiger partial charge in [0.25, 0.3) is 5.91 Å². The molecule has 0 spiro atoms. The number of thiophene rings is 1. The number of aromatic nitrogens is 1. The summed E-state index contributed by atoms with van der Waals surface area (Å²) < 4.78 is 0.798. The third-order valence-electron chi connectivity index (χ3n) is 3.49. The lowest BCUT2D eigenvalue weighted by Crippen LogP contribution is -2.10. The first kappa shape index (κ1) is 13.8. The molecule has 0 aliphatic heterocycles. The summed E-state index contributed by atoms with van der Waals surface area (Å²) in [7, 11) is 0. The monoisotopic (exact) mass is 350 g/mol. The smallest absolute Gasteiger partial charge is 0.265 e. The first-order chi connectivity index (χ1) is 9.74. The number of hydrogen-bond acceptors (Lipinski definition) is 3. The van der Waals surface area contributed by atoms with Crippen molar-refractivity contribution in [3.8, 4) is 0 Å². The molecule has 1 amide bonds. The second-order valence-electron chi connectivity index (χ2n) is 4.93. The predicted molar refractivity (Wildman–Crippen MR) is 85.5 cm³/mol. The Balaban J connectivity index is 1.79. The number of nitrogens with zero attached hydrogens (tertiary/aromatic N) is 1. The highest BCUT2D eigenvalue weighted by Crippen LogP contribution is 2.30. The molecule has 5 heteroatoms. The molecule has 2 aromatic rings. The van der Waals surface area contributed by atoms with Crippen LogP contribution in [0.1, 0.15) is 39.4 Å². The van der Waals surface area contributed by atoms with Crippen molar-refractivity contribution in [1.29, 1.82) is 0 Å². The Hall–Kier alpha value is -1.20. The highest BCUT2D eigenvalue weighted by molar-refractivity contribution is 9.10. The topological polar surface area (TPSA) is 42.0 Å². The Morgan fingerprint density at radius 1 is 1.30 bits per heavy atom. The summed E-state index contributed by atoms with van der Waals surface area (Å²) in [4.78, 5) is 18.5. The molecule has 0 bridgehead atoms. The van der Waals surface area contributed by atoms with Gasteiger partial charge in [-0.1, -0.05) is 6.42 Å². The minimum Gasteiger partial charge on any atom is -0.320 e. The summed E-state index contributed by atoms with van der Waals surface area (Å²) in [6.07, 6.45) is 9.35. The van der Waals surface area contributed by atoms with Gasteiger partial charge in [0.15, 0.2) is 0 Å². The zero-order chi connectivity index (χ0) is 13.9. The van der Waals surface area contributed by atoms with Crippen LogP contribution in [-0.4, -0.2) is 10.9 Å². The van der Waals surface area contributed by atoms with E-state index in [4.69, 9.17) is 0 Å². The first-order valence-electron chi connectivity index (χ1n) is 6.76. The van der Waals surface area contributed by atoms with Gasteiger partial charge in [-0.15, -0.1) is 11.3 Å². The molecule has 3 nitrogen and oxygen atoms in total. The quantitative estimate of drug-likeness (QED) is 0.814. The lowest BCUT2D eigenvalue weighted by Gasteiger charge is -2.04. The van der Waals surface area contributed by atoms with E-state index in [0.29, 0.717) is 0 Å². The minimum atomic E-state index is -0.0324. The van der Waals surface area contributed by atoms with Gasteiger partial charge in [0.1, 0.15) is 0 Å². The van der Waals surface area contributed by atoms with Crippen molar-refractivity contribution >= 4 is 38.9 Å². The summed E-state index contributed by atoms with van der Waals surface area (Å²) >= 11 is 5.03. The molecule has 2 aromatic heterocycles. The number of carbonyl (C=O) groups is 1. The van der Waals surface area contributed by atoms with Crippen molar-refractivity contribution < 1.29 is 4.79 Å². The van der Waals surface area contributed by atoms with Crippen molar-refractivity contribution in [3.05, 3.63) is 44.3 Å². The number of hydrogen-bond donors (Lipinski definition) is 1. The number of rotatable bonds is 2. The van der Waals surface area contributed by atoms with Crippen molar-refractivity contribution in [3.63, 3.8) is 0 Å². The number of nitrogens with one attached hydrogen (secondary N) is 1. The van der Waals surface area contributed by atoms with E-state index < -0.39 is 0 Å². The fraction of sp³-hybridized carbons (Fsp3) is 0.333. The summed E-state index contributed by atoms with van der Waals surface area (Å²) in [5.74, 6) is -0.0324. The largest absolute Gasteiger partial charge is 0.320 e. The molecule has 0 saturated carbocycles. The Morgan fingerprint density at radius 3 is 3.00 bits per heavy atom. The molecule has 0 radical (unpaired) electrons. The SMILES string of the molecule is O=C(Nc1ccncc1Br)c1cc2c(s1)CCCCC2. The Morgan fingerprint density at radius 2 is 2.15 bits per heavy atom. The van der Waals surface area contributed by atoms with Crippen LogP contribution < -0.4 is 5.32 Å².